The molecule has 0 saturated heterocycles. The fraction of sp³-hybridized carbons (Fsp3) is 0.500. The van der Waals surface area contributed by atoms with Crippen molar-refractivity contribution in [3.05, 3.63) is 17.2 Å². The molecule has 0 unspecified atom stereocenters. The Labute approximate surface area is 66.1 Å². The maximum atomic E-state index is 8.65. The van der Waals surface area contributed by atoms with E-state index in [0.29, 0.717) is 11.6 Å². The molecule has 0 amide bonds. The van der Waals surface area contributed by atoms with Gasteiger partial charge in [-0.25, -0.2) is 4.98 Å². The highest BCUT2D eigenvalue weighted by Gasteiger charge is 2.09. The Bertz CT molecular complexity index is 291. The molecule has 0 aromatic carbocycles. The van der Waals surface area contributed by atoms with Crippen LogP contribution in [0.4, 0.5) is 0 Å². The predicted molar refractivity (Wildman–Crippen MR) is 42.1 cm³/mol. The van der Waals surface area contributed by atoms with E-state index in [1.54, 1.807) is 0 Å². The van der Waals surface area contributed by atoms with Gasteiger partial charge in [-0.05, 0) is 12.8 Å². The molecule has 0 saturated carbocycles. The summed E-state index contributed by atoms with van der Waals surface area (Å²) in [5, 5.41) is 8.65. The predicted octanol–water partition coefficient (Wildman–Crippen LogP) is 1.71. The van der Waals surface area contributed by atoms with Gasteiger partial charge in [0.25, 0.3) is 0 Å². The van der Waals surface area contributed by atoms with Crippen LogP contribution in [-0.4, -0.2) is 9.97 Å². The van der Waals surface area contributed by atoms with Crippen molar-refractivity contribution in [3.8, 4) is 6.07 Å². The molecular weight excluding hydrogens is 138 g/mol. The normalized spacial score (nSPS) is 10.1. The first kappa shape index (κ1) is 7.80. The summed E-state index contributed by atoms with van der Waals surface area (Å²) >= 11 is 0. The Balaban J connectivity index is 3.15. The molecule has 1 aromatic rings. The van der Waals surface area contributed by atoms with Gasteiger partial charge in [-0.2, -0.15) is 5.26 Å². The summed E-state index contributed by atoms with van der Waals surface area (Å²) in [6, 6.07) is 2.06. The summed E-state index contributed by atoms with van der Waals surface area (Å²) in [6.45, 7) is 5.92. The second-order valence-corrected chi connectivity index (χ2v) is 2.85. The van der Waals surface area contributed by atoms with Gasteiger partial charge in [0.1, 0.15) is 11.9 Å². The molecule has 3 nitrogen and oxygen atoms in total. The van der Waals surface area contributed by atoms with Crippen molar-refractivity contribution in [2.24, 2.45) is 0 Å². The smallest absolute Gasteiger partial charge is 0.162 e. The monoisotopic (exact) mass is 149 g/mol. The number of aromatic nitrogens is 2. The minimum atomic E-state index is 0.339. The Morgan fingerprint density at radius 3 is 2.55 bits per heavy atom. The van der Waals surface area contributed by atoms with E-state index >= 15 is 0 Å². The maximum absolute atomic E-state index is 8.65. The first-order valence-corrected chi connectivity index (χ1v) is 3.61. The van der Waals surface area contributed by atoms with Gasteiger partial charge < -0.3 is 4.98 Å². The Kier molecular flexibility index (Phi) is 1.95. The van der Waals surface area contributed by atoms with Gasteiger partial charge in [0, 0.05) is 0 Å². The molecule has 11 heavy (non-hydrogen) atoms. The zero-order valence-electron chi connectivity index (χ0n) is 6.97. The Morgan fingerprint density at radius 1 is 1.55 bits per heavy atom. The van der Waals surface area contributed by atoms with E-state index in [0.717, 1.165) is 11.5 Å². The summed E-state index contributed by atoms with van der Waals surface area (Å²) in [4.78, 5) is 7.10. The first-order valence-electron chi connectivity index (χ1n) is 3.61. The van der Waals surface area contributed by atoms with E-state index in [4.69, 9.17) is 5.26 Å². The number of H-pyrrole nitrogens is 1. The van der Waals surface area contributed by atoms with E-state index < -0.39 is 0 Å². The van der Waals surface area contributed by atoms with E-state index in [9.17, 15) is 0 Å². The van der Waals surface area contributed by atoms with Gasteiger partial charge in [-0.3, -0.25) is 0 Å². The minimum absolute atomic E-state index is 0.339. The van der Waals surface area contributed by atoms with Crippen LogP contribution < -0.4 is 0 Å². The average Bonchev–Trinajstić information content (AvgIpc) is 2.30. The largest absolute Gasteiger partial charge is 0.345 e. The van der Waals surface area contributed by atoms with E-state index in [2.05, 4.69) is 16.0 Å². The molecule has 0 aliphatic heterocycles. The van der Waals surface area contributed by atoms with E-state index in [1.165, 1.54) is 0 Å². The second-order valence-electron chi connectivity index (χ2n) is 2.85. The van der Waals surface area contributed by atoms with Crippen LogP contribution in [-0.2, 0) is 0 Å². The quantitative estimate of drug-likeness (QED) is 0.660. The van der Waals surface area contributed by atoms with E-state index in [1.807, 2.05) is 20.8 Å². The van der Waals surface area contributed by atoms with Gasteiger partial charge in [-0.15, -0.1) is 0 Å². The topological polar surface area (TPSA) is 52.5 Å². The molecule has 58 valence electrons. The average molecular weight is 149 g/mol. The molecule has 0 fully saturated rings. The molecule has 0 atom stereocenters. The summed E-state index contributed by atoms with van der Waals surface area (Å²) < 4.78 is 0. The van der Waals surface area contributed by atoms with Crippen LogP contribution in [0.3, 0.4) is 0 Å². The number of nitrogens with zero attached hydrogens (tertiary/aromatic N) is 2. The highest BCUT2D eigenvalue weighted by molar-refractivity contribution is 5.29. The molecular formula is C8H11N3. The molecule has 0 spiro atoms. The second kappa shape index (κ2) is 2.75. The van der Waals surface area contributed by atoms with Crippen molar-refractivity contribution in [1.82, 2.24) is 9.97 Å². The molecule has 3 heteroatoms. The van der Waals surface area contributed by atoms with Crippen LogP contribution in [0.1, 0.15) is 37.0 Å². The van der Waals surface area contributed by atoms with Gasteiger partial charge in [0.2, 0.25) is 0 Å². The van der Waals surface area contributed by atoms with Crippen LogP contribution in [0, 0.1) is 18.3 Å². The molecule has 1 aromatic heterocycles. The highest BCUT2D eigenvalue weighted by atomic mass is 14.9. The number of nitrogens with one attached hydrogen (secondary N) is 1. The molecule has 1 N–H and O–H groups in total. The number of aromatic amines is 1. The zero-order valence-corrected chi connectivity index (χ0v) is 6.97. The van der Waals surface area contributed by atoms with Crippen LogP contribution >= 0.6 is 0 Å². The SMILES string of the molecule is Cc1nc(C#N)c(C(C)C)[nH]1. The molecule has 0 aliphatic carbocycles. The molecule has 0 aliphatic rings. The molecule has 1 heterocycles. The number of hydrogen-bond acceptors (Lipinski definition) is 2. The van der Waals surface area contributed by atoms with Crippen molar-refractivity contribution in [2.75, 3.05) is 0 Å². The van der Waals surface area contributed by atoms with Crippen LogP contribution in [0.25, 0.3) is 0 Å². The third-order valence-corrected chi connectivity index (χ3v) is 1.53. The van der Waals surface area contributed by atoms with Crippen molar-refractivity contribution >= 4 is 0 Å². The fourth-order valence-electron chi connectivity index (χ4n) is 1.01. The number of imidazole rings is 1. The Morgan fingerprint density at radius 2 is 2.18 bits per heavy atom. The van der Waals surface area contributed by atoms with Crippen LogP contribution in [0.2, 0.25) is 0 Å². The lowest BCUT2D eigenvalue weighted by Crippen LogP contribution is -1.90. The van der Waals surface area contributed by atoms with Gasteiger partial charge in [-0.1, -0.05) is 13.8 Å². The number of hydrogen-bond donors (Lipinski definition) is 1. The summed E-state index contributed by atoms with van der Waals surface area (Å²) in [6.07, 6.45) is 0. The van der Waals surface area contributed by atoms with Crippen molar-refractivity contribution in [1.29, 1.82) is 5.26 Å². The van der Waals surface area contributed by atoms with Gasteiger partial charge in [0.05, 0.1) is 5.69 Å². The van der Waals surface area contributed by atoms with Crippen molar-refractivity contribution in [2.45, 2.75) is 26.7 Å². The molecule has 1 rings (SSSR count). The third-order valence-electron chi connectivity index (χ3n) is 1.53. The first-order chi connectivity index (χ1) is 5.15. The zero-order chi connectivity index (χ0) is 8.43. The lowest BCUT2D eigenvalue weighted by atomic mass is 10.1. The summed E-state index contributed by atoms with van der Waals surface area (Å²) in [5.74, 6) is 1.15. The maximum Gasteiger partial charge on any atom is 0.162 e. The third kappa shape index (κ3) is 1.40. The van der Waals surface area contributed by atoms with Crippen molar-refractivity contribution in [3.63, 3.8) is 0 Å². The molecule has 0 radical (unpaired) electrons. The van der Waals surface area contributed by atoms with Crippen molar-refractivity contribution < 1.29 is 0 Å². The summed E-state index contributed by atoms with van der Waals surface area (Å²) in [7, 11) is 0. The van der Waals surface area contributed by atoms with Crippen LogP contribution in [0.5, 0.6) is 0 Å². The Hall–Kier alpha value is -1.30. The molecule has 0 bridgehead atoms. The number of rotatable bonds is 1. The summed E-state index contributed by atoms with van der Waals surface area (Å²) in [5.41, 5.74) is 1.46. The fourth-order valence-corrected chi connectivity index (χ4v) is 1.01. The highest BCUT2D eigenvalue weighted by Crippen LogP contribution is 2.15. The lowest BCUT2D eigenvalue weighted by Gasteiger charge is -1.98. The number of aryl methyl sites for hydroxylation is 1. The number of nitriles is 1. The van der Waals surface area contributed by atoms with Gasteiger partial charge in [0.15, 0.2) is 5.69 Å². The van der Waals surface area contributed by atoms with Crippen LogP contribution in [0.15, 0.2) is 0 Å². The minimum Gasteiger partial charge on any atom is -0.345 e. The lowest BCUT2D eigenvalue weighted by molar-refractivity contribution is 0.825. The standard InChI is InChI=1S/C8H11N3/c1-5(2)8-7(4-9)10-6(3)11-8/h5H,1-3H3,(H,10,11). The van der Waals surface area contributed by atoms with Gasteiger partial charge >= 0.3 is 0 Å². The van der Waals surface area contributed by atoms with E-state index in [-0.39, 0.29) is 0 Å².